The first kappa shape index (κ1) is 16.7. The third-order valence-corrected chi connectivity index (χ3v) is 3.83. The Morgan fingerprint density at radius 1 is 1.47 bits per heavy atom. The van der Waals surface area contributed by atoms with Crippen LogP contribution in [0.1, 0.15) is 18.9 Å². The molecule has 0 saturated carbocycles. The molecule has 0 spiro atoms. The van der Waals surface area contributed by atoms with Crippen molar-refractivity contribution in [2.45, 2.75) is 19.9 Å². The Bertz CT molecular complexity index is 420. The number of nitrogens with one attached hydrogen (secondary N) is 1. The Kier molecular flexibility index (Phi) is 6.06. The Morgan fingerprint density at radius 2 is 2.21 bits per heavy atom. The number of halogens is 3. The third-order valence-electron chi connectivity index (χ3n) is 3.55. The van der Waals surface area contributed by atoms with Crippen molar-refractivity contribution in [3.63, 3.8) is 0 Å². The van der Waals surface area contributed by atoms with E-state index in [1.807, 2.05) is 0 Å². The highest BCUT2D eigenvalue weighted by atomic mass is 35.5. The molecule has 2 nitrogen and oxygen atoms in total. The molecule has 5 heteroatoms. The van der Waals surface area contributed by atoms with Crippen LogP contribution in [0.5, 0.6) is 0 Å². The van der Waals surface area contributed by atoms with Crippen LogP contribution < -0.4 is 5.32 Å². The first-order valence-corrected chi connectivity index (χ1v) is 6.69. The minimum atomic E-state index is -0.352. The van der Waals surface area contributed by atoms with Gasteiger partial charge in [-0.05, 0) is 43.1 Å². The van der Waals surface area contributed by atoms with Crippen LogP contribution in [0.2, 0.25) is 5.02 Å². The monoisotopic (exact) mass is 306 g/mol. The summed E-state index contributed by atoms with van der Waals surface area (Å²) in [5.74, 6) is -0.352. The van der Waals surface area contributed by atoms with Crippen molar-refractivity contribution < 1.29 is 4.39 Å². The molecule has 1 fully saturated rings. The average Bonchev–Trinajstić information content (AvgIpc) is 2.70. The highest BCUT2D eigenvalue weighted by Gasteiger charge is 2.29. The fraction of sp³-hybridized carbons (Fsp3) is 0.571. The maximum Gasteiger partial charge on any atom is 0.141 e. The lowest BCUT2D eigenvalue weighted by Gasteiger charge is -2.29. The van der Waals surface area contributed by atoms with E-state index in [2.05, 4.69) is 24.2 Å². The second kappa shape index (κ2) is 6.89. The zero-order valence-corrected chi connectivity index (χ0v) is 13.0. The molecule has 1 saturated heterocycles. The van der Waals surface area contributed by atoms with Crippen molar-refractivity contribution in [3.8, 4) is 0 Å². The van der Waals surface area contributed by atoms with Crippen LogP contribution in [0.15, 0.2) is 18.2 Å². The van der Waals surface area contributed by atoms with Gasteiger partial charge in [-0.25, -0.2) is 4.39 Å². The van der Waals surface area contributed by atoms with E-state index in [9.17, 15) is 4.39 Å². The van der Waals surface area contributed by atoms with Gasteiger partial charge in [-0.1, -0.05) is 24.6 Å². The van der Waals surface area contributed by atoms with Crippen molar-refractivity contribution in [1.82, 2.24) is 10.2 Å². The highest BCUT2D eigenvalue weighted by Crippen LogP contribution is 2.26. The van der Waals surface area contributed by atoms with Crippen LogP contribution in [-0.2, 0) is 6.54 Å². The molecule has 108 valence electrons. The van der Waals surface area contributed by atoms with Gasteiger partial charge < -0.3 is 10.2 Å². The van der Waals surface area contributed by atoms with Crippen LogP contribution in [-0.4, -0.2) is 31.6 Å². The Morgan fingerprint density at radius 3 is 2.79 bits per heavy atom. The molecular formula is C14H21Cl2FN2. The van der Waals surface area contributed by atoms with Gasteiger partial charge in [0.15, 0.2) is 0 Å². The molecule has 0 aromatic heterocycles. The highest BCUT2D eigenvalue weighted by molar-refractivity contribution is 6.30. The predicted molar refractivity (Wildman–Crippen MR) is 80.6 cm³/mol. The molecule has 0 bridgehead atoms. The summed E-state index contributed by atoms with van der Waals surface area (Å²) in [4.78, 5) is 2.27. The number of hydrogen-bond donors (Lipinski definition) is 1. The second-order valence-corrected chi connectivity index (χ2v) is 6.07. The van der Waals surface area contributed by atoms with Gasteiger partial charge in [0.25, 0.3) is 0 Å². The first-order valence-electron chi connectivity index (χ1n) is 6.32. The fourth-order valence-corrected chi connectivity index (χ4v) is 2.86. The van der Waals surface area contributed by atoms with Gasteiger partial charge in [-0.2, -0.15) is 0 Å². The molecule has 1 atom stereocenters. The summed E-state index contributed by atoms with van der Waals surface area (Å²) in [5, 5.41) is 3.60. The molecule has 0 radical (unpaired) electrons. The van der Waals surface area contributed by atoms with Crippen molar-refractivity contribution in [3.05, 3.63) is 34.6 Å². The van der Waals surface area contributed by atoms with Gasteiger partial charge >= 0.3 is 0 Å². The molecule has 1 aliphatic rings. The zero-order valence-electron chi connectivity index (χ0n) is 11.4. The molecule has 1 N–H and O–H groups in total. The first-order chi connectivity index (χ1) is 8.48. The van der Waals surface area contributed by atoms with Gasteiger partial charge in [0, 0.05) is 19.6 Å². The minimum Gasteiger partial charge on any atom is -0.316 e. The molecule has 19 heavy (non-hydrogen) atoms. The largest absolute Gasteiger partial charge is 0.316 e. The van der Waals surface area contributed by atoms with Crippen molar-refractivity contribution >= 4 is 24.0 Å². The summed E-state index contributed by atoms with van der Waals surface area (Å²) in [6, 6.07) is 4.94. The van der Waals surface area contributed by atoms with Gasteiger partial charge in [0.05, 0.1) is 5.02 Å². The van der Waals surface area contributed by atoms with Gasteiger partial charge in [0.2, 0.25) is 0 Å². The molecule has 1 heterocycles. The van der Waals surface area contributed by atoms with Crippen LogP contribution in [0.3, 0.4) is 0 Å². The van der Waals surface area contributed by atoms with E-state index >= 15 is 0 Å². The van der Waals surface area contributed by atoms with Crippen LogP contribution in [0, 0.1) is 11.2 Å². The molecule has 1 aromatic carbocycles. The average molecular weight is 307 g/mol. The molecular weight excluding hydrogens is 286 g/mol. The SMILES string of the molecule is CN(Cc1ccc(F)c(Cl)c1)CC1(C)CCNC1.Cl. The van der Waals surface area contributed by atoms with Crippen LogP contribution >= 0.6 is 24.0 Å². The summed E-state index contributed by atoms with van der Waals surface area (Å²) >= 11 is 5.79. The van der Waals surface area contributed by atoms with E-state index in [0.717, 1.165) is 31.7 Å². The Hall–Kier alpha value is -0.350. The molecule has 1 aromatic rings. The van der Waals surface area contributed by atoms with E-state index < -0.39 is 0 Å². The summed E-state index contributed by atoms with van der Waals surface area (Å²) in [6.07, 6.45) is 1.21. The van der Waals surface area contributed by atoms with E-state index in [1.165, 1.54) is 12.5 Å². The predicted octanol–water partition coefficient (Wildman–Crippen LogP) is 3.33. The van der Waals surface area contributed by atoms with Crippen LogP contribution in [0.4, 0.5) is 4.39 Å². The van der Waals surface area contributed by atoms with Crippen molar-refractivity contribution in [1.29, 1.82) is 0 Å². The number of rotatable bonds is 4. The molecule has 0 amide bonds. The number of hydrogen-bond acceptors (Lipinski definition) is 2. The van der Waals surface area contributed by atoms with E-state index in [4.69, 9.17) is 11.6 Å². The maximum absolute atomic E-state index is 13.1. The summed E-state index contributed by atoms with van der Waals surface area (Å²) in [7, 11) is 2.10. The van der Waals surface area contributed by atoms with E-state index in [0.29, 0.717) is 5.41 Å². The van der Waals surface area contributed by atoms with Crippen LogP contribution in [0.25, 0.3) is 0 Å². The number of benzene rings is 1. The molecule has 0 aliphatic carbocycles. The van der Waals surface area contributed by atoms with Gasteiger partial charge in [0.1, 0.15) is 5.82 Å². The molecule has 1 unspecified atom stereocenters. The summed E-state index contributed by atoms with van der Waals surface area (Å²) in [5.41, 5.74) is 1.40. The van der Waals surface area contributed by atoms with Crippen molar-refractivity contribution in [2.75, 3.05) is 26.7 Å². The minimum absolute atomic E-state index is 0. The van der Waals surface area contributed by atoms with Crippen molar-refractivity contribution in [2.24, 2.45) is 5.41 Å². The fourth-order valence-electron chi connectivity index (χ4n) is 2.66. The quantitative estimate of drug-likeness (QED) is 0.918. The van der Waals surface area contributed by atoms with Gasteiger partial charge in [-0.3, -0.25) is 0 Å². The lowest BCUT2D eigenvalue weighted by molar-refractivity contribution is 0.203. The zero-order chi connectivity index (χ0) is 13.2. The lowest BCUT2D eigenvalue weighted by atomic mass is 9.89. The lowest BCUT2D eigenvalue weighted by Crippen LogP contribution is -2.34. The Balaban J connectivity index is 0.00000180. The summed E-state index contributed by atoms with van der Waals surface area (Å²) < 4.78 is 13.1. The molecule has 2 rings (SSSR count). The topological polar surface area (TPSA) is 15.3 Å². The summed E-state index contributed by atoms with van der Waals surface area (Å²) in [6.45, 7) is 6.32. The molecule has 1 aliphatic heterocycles. The standard InChI is InChI=1S/C14H20ClFN2.ClH/c1-14(5-6-17-9-14)10-18(2)8-11-3-4-13(16)12(15)7-11;/h3-4,7,17H,5-6,8-10H2,1-2H3;1H. The van der Waals surface area contributed by atoms with Gasteiger partial charge in [-0.15, -0.1) is 12.4 Å². The number of nitrogens with zero attached hydrogens (tertiary/aromatic N) is 1. The Labute approximate surface area is 125 Å². The third kappa shape index (κ3) is 4.60. The maximum atomic E-state index is 13.1. The van der Waals surface area contributed by atoms with E-state index in [-0.39, 0.29) is 23.2 Å². The second-order valence-electron chi connectivity index (χ2n) is 5.66. The normalized spacial score (nSPS) is 22.6. The smallest absolute Gasteiger partial charge is 0.141 e. The van der Waals surface area contributed by atoms with E-state index in [1.54, 1.807) is 12.1 Å².